The average molecular weight is 248 g/mol. The van der Waals surface area contributed by atoms with Crippen LogP contribution >= 0.6 is 0 Å². The monoisotopic (exact) mass is 248 g/mol. The zero-order valence-corrected chi connectivity index (χ0v) is 11.4. The molecule has 1 aliphatic rings. The van der Waals surface area contributed by atoms with Crippen molar-refractivity contribution < 1.29 is 4.74 Å². The Labute approximate surface area is 110 Å². The molecule has 0 bridgehead atoms. The van der Waals surface area contributed by atoms with Gasteiger partial charge in [0, 0.05) is 23.7 Å². The molecular formula is C15H24N2O. The van der Waals surface area contributed by atoms with E-state index in [2.05, 4.69) is 24.4 Å². The van der Waals surface area contributed by atoms with Gasteiger partial charge in [0.15, 0.2) is 0 Å². The lowest BCUT2D eigenvalue weighted by Gasteiger charge is -2.30. The van der Waals surface area contributed by atoms with Gasteiger partial charge in [0.25, 0.3) is 0 Å². The van der Waals surface area contributed by atoms with Gasteiger partial charge in [-0.05, 0) is 38.7 Å². The Morgan fingerprint density at radius 3 is 2.56 bits per heavy atom. The molecule has 3 nitrogen and oxygen atoms in total. The van der Waals surface area contributed by atoms with Crippen molar-refractivity contribution in [2.75, 3.05) is 7.11 Å². The van der Waals surface area contributed by atoms with Gasteiger partial charge in [-0.3, -0.25) is 0 Å². The Morgan fingerprint density at radius 1 is 1.22 bits per heavy atom. The lowest BCUT2D eigenvalue weighted by atomic mass is 9.91. The first-order valence-electron chi connectivity index (χ1n) is 6.85. The number of rotatable bonds is 4. The van der Waals surface area contributed by atoms with E-state index in [0.717, 1.165) is 18.6 Å². The number of para-hydroxylation sites is 1. The number of nitrogens with two attached hydrogens (primary N) is 1. The van der Waals surface area contributed by atoms with Crippen molar-refractivity contribution in [3.05, 3.63) is 29.8 Å². The molecule has 0 saturated heterocycles. The molecule has 0 heterocycles. The summed E-state index contributed by atoms with van der Waals surface area (Å²) in [6.07, 6.45) is 4.63. The maximum Gasteiger partial charge on any atom is 0.123 e. The van der Waals surface area contributed by atoms with Gasteiger partial charge < -0.3 is 15.8 Å². The lowest BCUT2D eigenvalue weighted by molar-refractivity contribution is 0.317. The van der Waals surface area contributed by atoms with Gasteiger partial charge in [-0.2, -0.15) is 0 Å². The van der Waals surface area contributed by atoms with Crippen LogP contribution in [0, 0.1) is 0 Å². The number of methoxy groups -OCH3 is 1. The highest BCUT2D eigenvalue weighted by molar-refractivity contribution is 5.35. The molecule has 1 aromatic carbocycles. The predicted molar refractivity (Wildman–Crippen MR) is 74.8 cm³/mol. The predicted octanol–water partition coefficient (Wildman–Crippen LogP) is 2.62. The van der Waals surface area contributed by atoms with E-state index in [-0.39, 0.29) is 0 Å². The van der Waals surface area contributed by atoms with Crippen LogP contribution in [0.2, 0.25) is 0 Å². The smallest absolute Gasteiger partial charge is 0.123 e. The third kappa shape index (κ3) is 3.24. The highest BCUT2D eigenvalue weighted by atomic mass is 16.5. The summed E-state index contributed by atoms with van der Waals surface area (Å²) in [6.45, 7) is 2.20. The third-order valence-electron chi connectivity index (χ3n) is 3.86. The van der Waals surface area contributed by atoms with Crippen molar-refractivity contribution in [2.45, 2.75) is 50.7 Å². The van der Waals surface area contributed by atoms with Crippen LogP contribution in [0.5, 0.6) is 5.75 Å². The molecule has 0 aromatic heterocycles. The molecule has 1 atom stereocenters. The topological polar surface area (TPSA) is 47.3 Å². The lowest BCUT2D eigenvalue weighted by Crippen LogP contribution is -2.38. The first kappa shape index (κ1) is 13.4. The van der Waals surface area contributed by atoms with Gasteiger partial charge in [-0.1, -0.05) is 18.2 Å². The number of nitrogens with one attached hydrogen (secondary N) is 1. The Hall–Kier alpha value is -1.06. The standard InChI is InChI=1S/C15H24N2O/c1-11(14-5-3-4-6-15(14)18-2)17-13-9-7-12(16)8-10-13/h3-6,11-13,17H,7-10,16H2,1-2H3/t11-,12?,13?/m0/s1. The normalized spacial score (nSPS) is 25.7. The van der Waals surface area contributed by atoms with Crippen LogP contribution < -0.4 is 15.8 Å². The van der Waals surface area contributed by atoms with E-state index in [0.29, 0.717) is 18.1 Å². The molecule has 3 N–H and O–H groups in total. The maximum absolute atomic E-state index is 5.94. The number of hydrogen-bond acceptors (Lipinski definition) is 3. The summed E-state index contributed by atoms with van der Waals surface area (Å²) in [5.74, 6) is 0.963. The molecule has 1 aromatic rings. The first-order chi connectivity index (χ1) is 8.70. The fourth-order valence-electron chi connectivity index (χ4n) is 2.75. The van der Waals surface area contributed by atoms with Gasteiger partial charge >= 0.3 is 0 Å². The molecule has 0 amide bonds. The summed E-state index contributed by atoms with van der Waals surface area (Å²) in [6, 6.07) is 9.53. The summed E-state index contributed by atoms with van der Waals surface area (Å²) >= 11 is 0. The summed E-state index contributed by atoms with van der Waals surface area (Å²) in [5, 5.41) is 3.69. The summed E-state index contributed by atoms with van der Waals surface area (Å²) in [7, 11) is 1.73. The number of benzene rings is 1. The minimum atomic E-state index is 0.320. The largest absolute Gasteiger partial charge is 0.496 e. The van der Waals surface area contributed by atoms with Crippen molar-refractivity contribution in [1.82, 2.24) is 5.32 Å². The van der Waals surface area contributed by atoms with Gasteiger partial charge in [0.1, 0.15) is 5.75 Å². The molecule has 1 aliphatic carbocycles. The fourth-order valence-corrected chi connectivity index (χ4v) is 2.75. The number of hydrogen-bond donors (Lipinski definition) is 2. The highest BCUT2D eigenvalue weighted by Crippen LogP contribution is 2.26. The molecule has 18 heavy (non-hydrogen) atoms. The molecule has 1 fully saturated rings. The quantitative estimate of drug-likeness (QED) is 0.861. The van der Waals surface area contributed by atoms with Gasteiger partial charge in [-0.15, -0.1) is 0 Å². The molecule has 0 aliphatic heterocycles. The number of ether oxygens (including phenoxy) is 1. The second-order valence-corrected chi connectivity index (χ2v) is 5.24. The summed E-state index contributed by atoms with van der Waals surface area (Å²) in [4.78, 5) is 0. The van der Waals surface area contributed by atoms with Gasteiger partial charge in [-0.25, -0.2) is 0 Å². The van der Waals surface area contributed by atoms with E-state index in [9.17, 15) is 0 Å². The minimum absolute atomic E-state index is 0.320. The van der Waals surface area contributed by atoms with E-state index >= 15 is 0 Å². The maximum atomic E-state index is 5.94. The molecule has 0 radical (unpaired) electrons. The SMILES string of the molecule is COc1ccccc1[C@H](C)NC1CCC(N)CC1. The Bertz CT molecular complexity index is 373. The van der Waals surface area contributed by atoms with E-state index in [1.165, 1.54) is 18.4 Å². The zero-order chi connectivity index (χ0) is 13.0. The van der Waals surface area contributed by atoms with Crippen LogP contribution in [0.4, 0.5) is 0 Å². The van der Waals surface area contributed by atoms with E-state index in [4.69, 9.17) is 10.5 Å². The highest BCUT2D eigenvalue weighted by Gasteiger charge is 2.21. The van der Waals surface area contributed by atoms with Crippen LogP contribution in [0.3, 0.4) is 0 Å². The second kappa shape index (κ2) is 6.21. The van der Waals surface area contributed by atoms with Crippen molar-refractivity contribution in [3.8, 4) is 5.75 Å². The van der Waals surface area contributed by atoms with Crippen LogP contribution in [-0.2, 0) is 0 Å². The molecule has 100 valence electrons. The molecule has 0 spiro atoms. The molecular weight excluding hydrogens is 224 g/mol. The van der Waals surface area contributed by atoms with Crippen LogP contribution in [0.15, 0.2) is 24.3 Å². The second-order valence-electron chi connectivity index (χ2n) is 5.24. The van der Waals surface area contributed by atoms with Crippen molar-refractivity contribution in [3.63, 3.8) is 0 Å². The Kier molecular flexibility index (Phi) is 4.61. The fraction of sp³-hybridized carbons (Fsp3) is 0.600. The minimum Gasteiger partial charge on any atom is -0.496 e. The molecule has 3 heteroatoms. The van der Waals surface area contributed by atoms with E-state index < -0.39 is 0 Å². The summed E-state index contributed by atoms with van der Waals surface area (Å²) < 4.78 is 5.41. The Morgan fingerprint density at radius 2 is 1.89 bits per heavy atom. The average Bonchev–Trinajstić information content (AvgIpc) is 2.41. The van der Waals surface area contributed by atoms with Crippen LogP contribution in [0.25, 0.3) is 0 Å². The van der Waals surface area contributed by atoms with Gasteiger partial charge in [0.05, 0.1) is 7.11 Å². The molecule has 1 saturated carbocycles. The summed E-state index contributed by atoms with van der Waals surface area (Å²) in [5.41, 5.74) is 7.17. The van der Waals surface area contributed by atoms with Crippen molar-refractivity contribution >= 4 is 0 Å². The molecule has 2 rings (SSSR count). The van der Waals surface area contributed by atoms with Crippen molar-refractivity contribution in [2.24, 2.45) is 5.73 Å². The first-order valence-corrected chi connectivity index (χ1v) is 6.85. The van der Waals surface area contributed by atoms with Crippen LogP contribution in [-0.4, -0.2) is 19.2 Å². The third-order valence-corrected chi connectivity index (χ3v) is 3.86. The van der Waals surface area contributed by atoms with Crippen LogP contribution in [0.1, 0.15) is 44.2 Å². The zero-order valence-electron chi connectivity index (χ0n) is 11.4. The van der Waals surface area contributed by atoms with Gasteiger partial charge in [0.2, 0.25) is 0 Å². The molecule has 0 unspecified atom stereocenters. The Balaban J connectivity index is 1.96. The van der Waals surface area contributed by atoms with E-state index in [1.54, 1.807) is 7.11 Å². The van der Waals surface area contributed by atoms with Crippen molar-refractivity contribution in [1.29, 1.82) is 0 Å². The van der Waals surface area contributed by atoms with E-state index in [1.807, 2.05) is 12.1 Å².